The summed E-state index contributed by atoms with van der Waals surface area (Å²) < 4.78 is 21.6. The zero-order valence-electron chi connectivity index (χ0n) is 16.7. The number of piperazine rings is 1. The van der Waals surface area contributed by atoms with Gasteiger partial charge in [0.05, 0.1) is 22.8 Å². The van der Waals surface area contributed by atoms with Gasteiger partial charge in [-0.25, -0.2) is 9.18 Å². The average Bonchev–Trinajstić information content (AvgIpc) is 3.48. The quantitative estimate of drug-likeness (QED) is 0.745. The van der Waals surface area contributed by atoms with Gasteiger partial charge in [-0.15, -0.1) is 0 Å². The Morgan fingerprint density at radius 1 is 1.38 bits per heavy atom. The van der Waals surface area contributed by atoms with E-state index in [1.54, 1.807) is 6.07 Å². The van der Waals surface area contributed by atoms with E-state index in [1.165, 1.54) is 12.3 Å². The molecule has 0 spiro atoms. The standard InChI is InChI=1S/C21H26FN3O4/c1-12(2)7-13-10-24(6-5-23-13)18-9-17-15(8-16(18)22)20(26)19(29-21(27)28)11-25(17)14-3-4-14/h8-9,11-14,23H,3-7,10H2,1-2H3,(H,27,28). The van der Waals surface area contributed by atoms with Crippen molar-refractivity contribution in [1.82, 2.24) is 9.88 Å². The first kappa shape index (κ1) is 19.7. The molecule has 1 atom stereocenters. The second-order valence-corrected chi connectivity index (χ2v) is 8.38. The van der Waals surface area contributed by atoms with Crippen molar-refractivity contribution in [2.75, 3.05) is 24.5 Å². The lowest BCUT2D eigenvalue weighted by molar-refractivity contribution is 0.143. The molecule has 156 valence electrons. The van der Waals surface area contributed by atoms with Crippen LogP contribution < -0.4 is 20.4 Å². The Labute approximate surface area is 168 Å². The summed E-state index contributed by atoms with van der Waals surface area (Å²) in [6.45, 7) is 6.50. The van der Waals surface area contributed by atoms with Crippen molar-refractivity contribution in [2.45, 2.75) is 45.2 Å². The van der Waals surface area contributed by atoms with E-state index in [9.17, 15) is 9.59 Å². The van der Waals surface area contributed by atoms with Crippen molar-refractivity contribution < 1.29 is 19.0 Å². The Morgan fingerprint density at radius 3 is 2.79 bits per heavy atom. The number of hydrogen-bond donors (Lipinski definition) is 2. The van der Waals surface area contributed by atoms with Gasteiger partial charge in [0.25, 0.3) is 0 Å². The van der Waals surface area contributed by atoms with Crippen LogP contribution in [0.1, 0.15) is 39.2 Å². The van der Waals surface area contributed by atoms with E-state index in [0.29, 0.717) is 30.2 Å². The molecule has 8 heteroatoms. The predicted molar refractivity (Wildman–Crippen MR) is 109 cm³/mol. The van der Waals surface area contributed by atoms with E-state index in [1.807, 2.05) is 9.47 Å². The van der Waals surface area contributed by atoms with E-state index in [4.69, 9.17) is 5.11 Å². The van der Waals surface area contributed by atoms with E-state index < -0.39 is 17.4 Å². The van der Waals surface area contributed by atoms with Crippen LogP contribution in [0, 0.1) is 11.7 Å². The van der Waals surface area contributed by atoms with Crippen molar-refractivity contribution in [1.29, 1.82) is 0 Å². The zero-order chi connectivity index (χ0) is 20.7. The van der Waals surface area contributed by atoms with Crippen molar-refractivity contribution in [2.24, 2.45) is 5.92 Å². The Balaban J connectivity index is 1.77. The summed E-state index contributed by atoms with van der Waals surface area (Å²) in [7, 11) is 0. The molecule has 1 aliphatic heterocycles. The highest BCUT2D eigenvalue weighted by Gasteiger charge is 2.28. The number of halogens is 1. The molecule has 0 bridgehead atoms. The fraction of sp³-hybridized carbons (Fsp3) is 0.524. The van der Waals surface area contributed by atoms with Gasteiger partial charge in [-0.1, -0.05) is 13.8 Å². The van der Waals surface area contributed by atoms with Crippen molar-refractivity contribution >= 4 is 22.7 Å². The summed E-state index contributed by atoms with van der Waals surface area (Å²) in [5.41, 5.74) is 0.488. The summed E-state index contributed by atoms with van der Waals surface area (Å²) in [4.78, 5) is 25.6. The number of anilines is 1. The molecule has 1 unspecified atom stereocenters. The SMILES string of the molecule is CC(C)CC1CN(c2cc3c(cc2F)c(=O)c(OC(=O)O)cn3C2CC2)CCN1. The van der Waals surface area contributed by atoms with Gasteiger partial charge >= 0.3 is 6.16 Å². The minimum atomic E-state index is -1.56. The second-order valence-electron chi connectivity index (χ2n) is 8.38. The molecule has 0 amide bonds. The number of nitrogens with one attached hydrogen (secondary N) is 1. The molecule has 7 nitrogen and oxygen atoms in total. The van der Waals surface area contributed by atoms with E-state index >= 15 is 4.39 Å². The molecular weight excluding hydrogens is 377 g/mol. The smallest absolute Gasteiger partial charge is 0.449 e. The molecule has 29 heavy (non-hydrogen) atoms. The van der Waals surface area contributed by atoms with Crippen molar-refractivity contribution in [3.8, 4) is 5.75 Å². The molecule has 1 saturated carbocycles. The Morgan fingerprint density at radius 2 is 2.14 bits per heavy atom. The maximum Gasteiger partial charge on any atom is 0.511 e. The van der Waals surface area contributed by atoms with Crippen LogP contribution in [0.4, 0.5) is 14.9 Å². The van der Waals surface area contributed by atoms with E-state index in [-0.39, 0.29) is 23.2 Å². The Bertz CT molecular complexity index is 1000. The number of carbonyl (C=O) groups is 1. The number of nitrogens with zero attached hydrogens (tertiary/aromatic N) is 2. The maximum atomic E-state index is 15.0. The van der Waals surface area contributed by atoms with Crippen LogP contribution in [-0.2, 0) is 0 Å². The summed E-state index contributed by atoms with van der Waals surface area (Å²) in [6, 6.07) is 3.41. The number of ether oxygens (including phenoxy) is 1. The number of hydrogen-bond acceptors (Lipinski definition) is 5. The maximum absolute atomic E-state index is 15.0. The molecule has 2 N–H and O–H groups in total. The number of benzene rings is 1. The van der Waals surface area contributed by atoms with Gasteiger partial charge in [0, 0.05) is 31.7 Å². The predicted octanol–water partition coefficient (Wildman–Crippen LogP) is 3.36. The van der Waals surface area contributed by atoms with Gasteiger partial charge in [0.1, 0.15) is 5.82 Å². The molecule has 1 saturated heterocycles. The highest BCUT2D eigenvalue weighted by atomic mass is 19.1. The highest BCUT2D eigenvalue weighted by molar-refractivity contribution is 5.85. The van der Waals surface area contributed by atoms with Crippen LogP contribution >= 0.6 is 0 Å². The lowest BCUT2D eigenvalue weighted by Crippen LogP contribution is -2.51. The summed E-state index contributed by atoms with van der Waals surface area (Å²) in [5, 5.41) is 12.5. The van der Waals surface area contributed by atoms with Crippen molar-refractivity contribution in [3.63, 3.8) is 0 Å². The molecule has 2 aliphatic rings. The van der Waals surface area contributed by atoms with Crippen LogP contribution in [0.5, 0.6) is 5.75 Å². The molecule has 0 radical (unpaired) electrons. The number of fused-ring (bicyclic) bond motifs is 1. The topological polar surface area (TPSA) is 83.8 Å². The Hall–Kier alpha value is -2.61. The lowest BCUT2D eigenvalue weighted by atomic mass is 10.0. The highest BCUT2D eigenvalue weighted by Crippen LogP contribution is 2.39. The average molecular weight is 403 g/mol. The van der Waals surface area contributed by atoms with Gasteiger partial charge < -0.3 is 24.6 Å². The number of aromatic nitrogens is 1. The van der Waals surface area contributed by atoms with Gasteiger partial charge in [-0.3, -0.25) is 4.79 Å². The molecule has 2 heterocycles. The summed E-state index contributed by atoms with van der Waals surface area (Å²) in [5.74, 6) is -0.223. The third-order valence-electron chi connectivity index (χ3n) is 5.56. The molecule has 1 aromatic carbocycles. The number of rotatable bonds is 5. The first-order valence-corrected chi connectivity index (χ1v) is 10.1. The van der Waals surface area contributed by atoms with E-state index in [0.717, 1.165) is 25.8 Å². The number of carboxylic acid groups (broad SMARTS) is 1. The Kier molecular flexibility index (Phi) is 5.21. The number of pyridine rings is 1. The first-order valence-electron chi connectivity index (χ1n) is 10.1. The molecule has 1 aromatic heterocycles. The minimum absolute atomic E-state index is 0.144. The van der Waals surface area contributed by atoms with Crippen LogP contribution in [0.3, 0.4) is 0 Å². The molecule has 2 fully saturated rings. The van der Waals surface area contributed by atoms with Gasteiger partial charge in [0.2, 0.25) is 5.43 Å². The third kappa shape index (κ3) is 4.07. The van der Waals surface area contributed by atoms with Crippen molar-refractivity contribution in [3.05, 3.63) is 34.4 Å². The monoisotopic (exact) mass is 403 g/mol. The summed E-state index contributed by atoms with van der Waals surface area (Å²) in [6.07, 6.45) is 2.76. The van der Waals surface area contributed by atoms with Crippen LogP contribution in [-0.4, -0.2) is 41.5 Å². The van der Waals surface area contributed by atoms with Gasteiger partial charge in [0.15, 0.2) is 5.75 Å². The lowest BCUT2D eigenvalue weighted by Gasteiger charge is -2.36. The zero-order valence-corrected chi connectivity index (χ0v) is 16.7. The third-order valence-corrected chi connectivity index (χ3v) is 5.56. The van der Waals surface area contributed by atoms with Crippen LogP contribution in [0.25, 0.3) is 10.9 Å². The van der Waals surface area contributed by atoms with Gasteiger partial charge in [-0.2, -0.15) is 0 Å². The minimum Gasteiger partial charge on any atom is -0.449 e. The fourth-order valence-corrected chi connectivity index (χ4v) is 4.17. The normalized spacial score (nSPS) is 19.7. The van der Waals surface area contributed by atoms with Crippen LogP contribution in [0.15, 0.2) is 23.1 Å². The largest absolute Gasteiger partial charge is 0.511 e. The first-order chi connectivity index (χ1) is 13.8. The molecule has 4 rings (SSSR count). The second kappa shape index (κ2) is 7.67. The molecular formula is C21H26FN3O4. The molecule has 1 aliphatic carbocycles. The van der Waals surface area contributed by atoms with Gasteiger partial charge in [-0.05, 0) is 37.3 Å². The molecule has 2 aromatic rings. The van der Waals surface area contributed by atoms with E-state index in [2.05, 4.69) is 23.9 Å². The summed E-state index contributed by atoms with van der Waals surface area (Å²) >= 11 is 0. The van der Waals surface area contributed by atoms with Crippen LogP contribution in [0.2, 0.25) is 0 Å². The fourth-order valence-electron chi connectivity index (χ4n) is 4.17.